The van der Waals surface area contributed by atoms with Gasteiger partial charge in [-0.1, -0.05) is 133 Å². The van der Waals surface area contributed by atoms with Gasteiger partial charge in [0.2, 0.25) is 0 Å². The second-order valence-corrected chi connectivity index (χ2v) is 15.4. The van der Waals surface area contributed by atoms with Crippen molar-refractivity contribution in [3.63, 3.8) is 0 Å². The average Bonchev–Trinajstić information content (AvgIpc) is 3.84. The Morgan fingerprint density at radius 3 is 1.89 bits per heavy atom. The summed E-state index contributed by atoms with van der Waals surface area (Å²) < 4.78 is 9.26. The van der Waals surface area contributed by atoms with Gasteiger partial charge in [0.25, 0.3) is 0 Å². The minimum Gasteiger partial charge on any atom is -0.455 e. The summed E-state index contributed by atoms with van der Waals surface area (Å²) in [6.07, 6.45) is 0. The van der Waals surface area contributed by atoms with Crippen molar-refractivity contribution in [2.75, 3.05) is 0 Å². The molecule has 0 N–H and O–H groups in total. The van der Waals surface area contributed by atoms with Crippen LogP contribution in [0.2, 0.25) is 0 Å². The van der Waals surface area contributed by atoms with Crippen molar-refractivity contribution in [1.82, 2.24) is 15.0 Å². The molecule has 260 valence electrons. The van der Waals surface area contributed by atoms with Crippen molar-refractivity contribution in [1.29, 1.82) is 0 Å². The maximum absolute atomic E-state index is 6.74. The second kappa shape index (κ2) is 12.2. The van der Waals surface area contributed by atoms with Crippen LogP contribution in [0.5, 0.6) is 0 Å². The Labute approximate surface area is 325 Å². The van der Waals surface area contributed by atoms with Crippen LogP contribution in [0.3, 0.4) is 0 Å². The quantitative estimate of drug-likeness (QED) is 0.169. The summed E-state index contributed by atoms with van der Waals surface area (Å²) in [6, 6.07) is 62.1. The van der Waals surface area contributed by atoms with Gasteiger partial charge in [-0.25, -0.2) is 15.0 Å². The highest BCUT2D eigenvalue weighted by molar-refractivity contribution is 7.25. The van der Waals surface area contributed by atoms with Crippen molar-refractivity contribution < 1.29 is 4.42 Å². The lowest BCUT2D eigenvalue weighted by atomic mass is 9.90. The van der Waals surface area contributed by atoms with Crippen molar-refractivity contribution in [3.8, 4) is 45.3 Å². The maximum Gasteiger partial charge on any atom is 0.164 e. The molecule has 56 heavy (non-hydrogen) atoms. The standard InChI is InChI=1S/C51H29N3OS/c1-2-12-31(13-3-1)49-52-50(54-51(53-49)35-24-26-45-41(29-35)39-16-7-9-20-44(39)56-45)34-23-25-36-32(27-34)14-10-18-38(36)42-28-33-22-21-30-11-4-5-15-37(30)46(33)48-47(42)40-17-6-8-19-43(40)55-48/h1-29H. The second-order valence-electron chi connectivity index (χ2n) is 14.3. The molecule has 3 aromatic heterocycles. The Kier molecular flexibility index (Phi) is 6.76. The van der Waals surface area contributed by atoms with Gasteiger partial charge >= 0.3 is 0 Å². The van der Waals surface area contributed by atoms with Gasteiger partial charge in [0.1, 0.15) is 11.2 Å². The Balaban J connectivity index is 1.05. The molecule has 5 heteroatoms. The molecule has 12 aromatic rings. The molecule has 0 fully saturated rings. The number of aromatic nitrogens is 3. The van der Waals surface area contributed by atoms with E-state index < -0.39 is 0 Å². The van der Waals surface area contributed by atoms with E-state index in [4.69, 9.17) is 19.4 Å². The molecule has 4 nitrogen and oxygen atoms in total. The number of benzene rings is 9. The van der Waals surface area contributed by atoms with E-state index in [0.29, 0.717) is 17.5 Å². The highest BCUT2D eigenvalue weighted by atomic mass is 32.1. The van der Waals surface area contributed by atoms with E-state index in [2.05, 4.69) is 152 Å². The molecule has 0 atom stereocenters. The fourth-order valence-corrected chi connectivity index (χ4v) is 9.55. The van der Waals surface area contributed by atoms with Crippen LogP contribution in [-0.4, -0.2) is 15.0 Å². The molecule has 0 aliphatic rings. The fraction of sp³-hybridized carbons (Fsp3) is 0. The molecular weight excluding hydrogens is 703 g/mol. The monoisotopic (exact) mass is 731 g/mol. The zero-order valence-electron chi connectivity index (χ0n) is 29.9. The highest BCUT2D eigenvalue weighted by Crippen LogP contribution is 2.45. The molecule has 12 rings (SSSR count). The van der Waals surface area contributed by atoms with E-state index >= 15 is 0 Å². The van der Waals surface area contributed by atoms with Crippen LogP contribution >= 0.6 is 11.3 Å². The van der Waals surface area contributed by atoms with Crippen LogP contribution in [0, 0.1) is 0 Å². The predicted molar refractivity (Wildman–Crippen MR) is 234 cm³/mol. The summed E-state index contributed by atoms with van der Waals surface area (Å²) in [5.41, 5.74) is 6.95. The first kappa shape index (κ1) is 31.2. The van der Waals surface area contributed by atoms with Crippen molar-refractivity contribution in [2.45, 2.75) is 0 Å². The molecule has 0 saturated carbocycles. The highest BCUT2D eigenvalue weighted by Gasteiger charge is 2.20. The Bertz CT molecular complexity index is 3550. The van der Waals surface area contributed by atoms with Gasteiger partial charge in [-0.15, -0.1) is 11.3 Å². The average molecular weight is 732 g/mol. The van der Waals surface area contributed by atoms with Crippen molar-refractivity contribution >= 4 is 85.8 Å². The van der Waals surface area contributed by atoms with Crippen LogP contribution in [-0.2, 0) is 0 Å². The Hall–Kier alpha value is -7.21. The van der Waals surface area contributed by atoms with Gasteiger partial charge in [0, 0.05) is 53.0 Å². The summed E-state index contributed by atoms with van der Waals surface area (Å²) in [5.74, 6) is 1.93. The summed E-state index contributed by atoms with van der Waals surface area (Å²) >= 11 is 1.81. The molecule has 0 unspecified atom stereocenters. The number of thiophene rings is 1. The lowest BCUT2D eigenvalue weighted by Gasteiger charge is -2.13. The SMILES string of the molecule is c1ccc(-c2nc(-c3ccc4c(-c5cc6ccc7ccccc7c6c6oc7ccccc7c56)cccc4c3)nc(-c3ccc4sc5ccccc5c4c3)n2)cc1. The van der Waals surface area contributed by atoms with E-state index in [0.717, 1.165) is 71.3 Å². The number of hydrogen-bond donors (Lipinski definition) is 0. The minimum absolute atomic E-state index is 0.636. The van der Waals surface area contributed by atoms with E-state index in [-0.39, 0.29) is 0 Å². The van der Waals surface area contributed by atoms with Gasteiger partial charge in [-0.05, 0) is 80.5 Å². The number of hydrogen-bond acceptors (Lipinski definition) is 5. The maximum atomic E-state index is 6.74. The molecule has 0 spiro atoms. The first-order chi connectivity index (χ1) is 27.7. The number of rotatable bonds is 4. The van der Waals surface area contributed by atoms with Crippen LogP contribution in [0.15, 0.2) is 180 Å². The van der Waals surface area contributed by atoms with Gasteiger partial charge in [-0.2, -0.15) is 0 Å². The molecule has 0 radical (unpaired) electrons. The molecular formula is C51H29N3OS. The first-order valence-electron chi connectivity index (χ1n) is 18.8. The summed E-state index contributed by atoms with van der Waals surface area (Å²) in [6.45, 7) is 0. The Morgan fingerprint density at radius 2 is 1.02 bits per heavy atom. The van der Waals surface area contributed by atoms with E-state index in [1.54, 1.807) is 0 Å². The number of para-hydroxylation sites is 1. The largest absolute Gasteiger partial charge is 0.455 e. The van der Waals surface area contributed by atoms with Crippen LogP contribution in [0.1, 0.15) is 0 Å². The van der Waals surface area contributed by atoms with Crippen molar-refractivity contribution in [2.24, 2.45) is 0 Å². The first-order valence-corrected chi connectivity index (χ1v) is 19.6. The van der Waals surface area contributed by atoms with Gasteiger partial charge in [-0.3, -0.25) is 0 Å². The normalized spacial score (nSPS) is 11.9. The number of fused-ring (bicyclic) bond motifs is 11. The Morgan fingerprint density at radius 1 is 0.357 bits per heavy atom. The number of furan rings is 1. The molecule has 0 saturated heterocycles. The lowest BCUT2D eigenvalue weighted by molar-refractivity contribution is 0.673. The van der Waals surface area contributed by atoms with Gasteiger partial charge in [0.05, 0.1) is 0 Å². The third kappa shape index (κ3) is 4.81. The predicted octanol–water partition coefficient (Wildman–Crippen LogP) is 14.3. The minimum atomic E-state index is 0.636. The lowest BCUT2D eigenvalue weighted by Crippen LogP contribution is -2.00. The zero-order chi connectivity index (χ0) is 36.7. The van der Waals surface area contributed by atoms with Crippen molar-refractivity contribution in [3.05, 3.63) is 176 Å². The molecule has 0 amide bonds. The van der Waals surface area contributed by atoms with Crippen LogP contribution in [0.4, 0.5) is 0 Å². The molecule has 3 heterocycles. The number of nitrogens with zero attached hydrogens (tertiary/aromatic N) is 3. The van der Waals surface area contributed by atoms with Gasteiger partial charge < -0.3 is 4.42 Å². The topological polar surface area (TPSA) is 51.8 Å². The molecule has 9 aromatic carbocycles. The van der Waals surface area contributed by atoms with E-state index in [1.165, 1.54) is 30.9 Å². The van der Waals surface area contributed by atoms with Gasteiger partial charge in [0.15, 0.2) is 17.5 Å². The zero-order valence-corrected chi connectivity index (χ0v) is 30.7. The van der Waals surface area contributed by atoms with Crippen LogP contribution < -0.4 is 0 Å². The molecule has 0 bridgehead atoms. The third-order valence-corrected chi connectivity index (χ3v) is 12.2. The van der Waals surface area contributed by atoms with E-state index in [1.807, 2.05) is 35.6 Å². The van der Waals surface area contributed by atoms with Crippen LogP contribution in [0.25, 0.3) is 120 Å². The summed E-state index contributed by atoms with van der Waals surface area (Å²) in [5, 5.41) is 11.6. The van der Waals surface area contributed by atoms with E-state index in [9.17, 15) is 0 Å². The summed E-state index contributed by atoms with van der Waals surface area (Å²) in [4.78, 5) is 15.3. The fourth-order valence-electron chi connectivity index (χ4n) is 8.46. The third-order valence-electron chi connectivity index (χ3n) is 11.1. The summed E-state index contributed by atoms with van der Waals surface area (Å²) in [7, 11) is 0. The molecule has 0 aliphatic carbocycles. The smallest absolute Gasteiger partial charge is 0.164 e. The molecule has 0 aliphatic heterocycles.